The van der Waals surface area contributed by atoms with Crippen LogP contribution in [0.3, 0.4) is 0 Å². The van der Waals surface area contributed by atoms with Crippen LogP contribution in [0.5, 0.6) is 0 Å². The predicted octanol–water partition coefficient (Wildman–Crippen LogP) is 5.74. The zero-order chi connectivity index (χ0) is 13.6. The van der Waals surface area contributed by atoms with Crippen LogP contribution in [0.15, 0.2) is 40.9 Å². The fourth-order valence-corrected chi connectivity index (χ4v) is 3.74. The third-order valence-electron chi connectivity index (χ3n) is 3.61. The Kier molecular flexibility index (Phi) is 3.34. The van der Waals surface area contributed by atoms with Gasteiger partial charge in [0.1, 0.15) is 0 Å². The van der Waals surface area contributed by atoms with E-state index in [4.69, 9.17) is 0 Å². The molecule has 0 saturated carbocycles. The molecule has 2 aromatic carbocycles. The van der Waals surface area contributed by atoms with E-state index < -0.39 is 0 Å². The number of hydrogen-bond acceptors (Lipinski definition) is 0. The number of rotatable bonds is 2. The van der Waals surface area contributed by atoms with Crippen molar-refractivity contribution < 1.29 is 0 Å². The van der Waals surface area contributed by atoms with Gasteiger partial charge in [-0.05, 0) is 54.5 Å². The summed E-state index contributed by atoms with van der Waals surface area (Å²) in [5.74, 6) is 0. The van der Waals surface area contributed by atoms with Crippen molar-refractivity contribution >= 4 is 31.9 Å². The minimum absolute atomic E-state index is 0.134. The second-order valence-electron chi connectivity index (χ2n) is 5.79. The Balaban J connectivity index is 2.07. The Labute approximate surface area is 131 Å². The zero-order valence-electron chi connectivity index (χ0n) is 11.1. The van der Waals surface area contributed by atoms with E-state index in [0.717, 1.165) is 12.8 Å². The molecule has 0 N–H and O–H groups in total. The molecule has 0 aliphatic heterocycles. The van der Waals surface area contributed by atoms with Gasteiger partial charge >= 0.3 is 0 Å². The Morgan fingerprint density at radius 1 is 1.05 bits per heavy atom. The second-order valence-corrected chi connectivity index (χ2v) is 8.73. The molecule has 0 bridgehead atoms. The Morgan fingerprint density at radius 2 is 1.79 bits per heavy atom. The monoisotopic (exact) mass is 378 g/mol. The zero-order valence-corrected chi connectivity index (χ0v) is 14.3. The summed E-state index contributed by atoms with van der Waals surface area (Å²) in [6, 6.07) is 13.2. The van der Waals surface area contributed by atoms with Crippen molar-refractivity contribution in [3.63, 3.8) is 0 Å². The highest BCUT2D eigenvalue weighted by molar-refractivity contribution is 9.10. The van der Waals surface area contributed by atoms with Crippen LogP contribution in [0.1, 0.15) is 30.5 Å². The van der Waals surface area contributed by atoms with Crippen molar-refractivity contribution in [1.82, 2.24) is 0 Å². The maximum absolute atomic E-state index is 3.82. The largest absolute Gasteiger partial charge is 0.0856 e. The second kappa shape index (κ2) is 4.75. The van der Waals surface area contributed by atoms with Crippen molar-refractivity contribution in [1.29, 1.82) is 0 Å². The molecule has 0 fully saturated rings. The van der Waals surface area contributed by atoms with Crippen molar-refractivity contribution in [3.8, 4) is 11.1 Å². The minimum Gasteiger partial charge on any atom is -0.0856 e. The first-order valence-corrected chi connectivity index (χ1v) is 8.12. The molecule has 1 aliphatic rings. The van der Waals surface area contributed by atoms with E-state index in [9.17, 15) is 0 Å². The fourth-order valence-electron chi connectivity index (χ4n) is 2.81. The smallest absolute Gasteiger partial charge is 0.0249 e. The highest BCUT2D eigenvalue weighted by Crippen LogP contribution is 2.42. The van der Waals surface area contributed by atoms with Crippen molar-refractivity contribution in [3.05, 3.63) is 57.6 Å². The maximum atomic E-state index is 3.82. The highest BCUT2D eigenvalue weighted by atomic mass is 79.9. The highest BCUT2D eigenvalue weighted by Gasteiger charge is 2.23. The van der Waals surface area contributed by atoms with E-state index in [1.165, 1.54) is 32.3 Å². The molecule has 0 amide bonds. The van der Waals surface area contributed by atoms with Gasteiger partial charge in [-0.15, -0.1) is 0 Å². The number of benzene rings is 2. The molecule has 19 heavy (non-hydrogen) atoms. The Bertz CT molecular complexity index is 636. The van der Waals surface area contributed by atoms with Crippen LogP contribution < -0.4 is 0 Å². The molecule has 0 nitrogen and oxygen atoms in total. The van der Waals surface area contributed by atoms with Gasteiger partial charge in [-0.2, -0.15) is 0 Å². The number of halogens is 2. The van der Waals surface area contributed by atoms with E-state index in [1.54, 1.807) is 0 Å². The molecule has 0 spiro atoms. The van der Waals surface area contributed by atoms with E-state index in [0.29, 0.717) is 0 Å². The van der Waals surface area contributed by atoms with Gasteiger partial charge in [0, 0.05) is 8.80 Å². The first-order chi connectivity index (χ1) is 8.96. The molecule has 0 heterocycles. The number of alkyl halides is 1. The fraction of sp³-hybridized carbons (Fsp3) is 0.294. The lowest BCUT2D eigenvalue weighted by molar-refractivity contribution is 0.722. The molecule has 2 heteroatoms. The summed E-state index contributed by atoms with van der Waals surface area (Å²) >= 11 is 7.56. The maximum Gasteiger partial charge on any atom is 0.0249 e. The average Bonchev–Trinajstić information content (AvgIpc) is 2.71. The molecule has 3 rings (SSSR count). The van der Waals surface area contributed by atoms with Crippen molar-refractivity contribution in [2.75, 3.05) is 0 Å². The van der Waals surface area contributed by atoms with Gasteiger partial charge < -0.3 is 0 Å². The van der Waals surface area contributed by atoms with E-state index in [1.807, 2.05) is 0 Å². The molecule has 0 saturated heterocycles. The lowest BCUT2D eigenvalue weighted by atomic mass is 9.98. The van der Waals surface area contributed by atoms with Gasteiger partial charge in [-0.25, -0.2) is 0 Å². The third-order valence-corrected chi connectivity index (χ3v) is 4.88. The molecular formula is C17H16Br2. The van der Waals surface area contributed by atoms with Gasteiger partial charge in [0.25, 0.3) is 0 Å². The van der Waals surface area contributed by atoms with Crippen molar-refractivity contribution in [2.24, 2.45) is 0 Å². The summed E-state index contributed by atoms with van der Waals surface area (Å²) < 4.78 is 1.42. The molecule has 0 unspecified atom stereocenters. The van der Waals surface area contributed by atoms with Crippen molar-refractivity contribution in [2.45, 2.75) is 31.0 Å². The van der Waals surface area contributed by atoms with Gasteiger partial charge in [0.2, 0.25) is 0 Å². The predicted molar refractivity (Wildman–Crippen MR) is 89.1 cm³/mol. The lowest BCUT2D eigenvalue weighted by Crippen LogP contribution is -2.13. The summed E-state index contributed by atoms with van der Waals surface area (Å²) in [4.78, 5) is 0. The normalized spacial score (nSPS) is 13.3. The summed E-state index contributed by atoms with van der Waals surface area (Å²) in [6.07, 6.45) is 2.07. The van der Waals surface area contributed by atoms with Crippen LogP contribution in [0, 0.1) is 0 Å². The number of hydrogen-bond donors (Lipinski definition) is 0. The first-order valence-electron chi connectivity index (χ1n) is 6.53. The molecule has 0 atom stereocenters. The van der Waals surface area contributed by atoms with Crippen LogP contribution in [0.4, 0.5) is 0 Å². The van der Waals surface area contributed by atoms with E-state index >= 15 is 0 Å². The summed E-state index contributed by atoms with van der Waals surface area (Å²) in [7, 11) is 0. The minimum atomic E-state index is 0.134. The van der Waals surface area contributed by atoms with E-state index in [-0.39, 0.29) is 4.32 Å². The average molecular weight is 380 g/mol. The first kappa shape index (κ1) is 13.4. The van der Waals surface area contributed by atoms with Crippen LogP contribution >= 0.6 is 31.9 Å². The summed E-state index contributed by atoms with van der Waals surface area (Å²) in [6.45, 7) is 4.42. The molecule has 0 aromatic heterocycles. The van der Waals surface area contributed by atoms with Crippen LogP contribution in [0.25, 0.3) is 11.1 Å². The molecule has 98 valence electrons. The lowest BCUT2D eigenvalue weighted by Gasteiger charge is -2.18. The van der Waals surface area contributed by atoms with E-state index in [2.05, 4.69) is 82.1 Å². The standard InChI is InChI=1S/C17H16Br2/c1-17(2,19)10-12-7-8-14-13-6-4-3-5-11(13)9-15(14)16(12)18/h3-8H,9-10H2,1-2H3. The Morgan fingerprint density at radius 3 is 2.53 bits per heavy atom. The molecule has 2 aromatic rings. The van der Waals surface area contributed by atoms with Gasteiger partial charge in [-0.1, -0.05) is 68.3 Å². The van der Waals surface area contributed by atoms with Crippen LogP contribution in [0.2, 0.25) is 0 Å². The summed E-state index contributed by atoms with van der Waals surface area (Å²) in [5, 5.41) is 0. The molecule has 0 radical (unpaired) electrons. The molecular weight excluding hydrogens is 364 g/mol. The van der Waals surface area contributed by atoms with Gasteiger partial charge in [0.05, 0.1) is 0 Å². The van der Waals surface area contributed by atoms with Crippen LogP contribution in [-0.2, 0) is 12.8 Å². The molecule has 1 aliphatic carbocycles. The summed E-state index contributed by atoms with van der Waals surface area (Å²) in [5.41, 5.74) is 7.04. The van der Waals surface area contributed by atoms with Gasteiger partial charge in [-0.3, -0.25) is 0 Å². The van der Waals surface area contributed by atoms with Gasteiger partial charge in [0.15, 0.2) is 0 Å². The van der Waals surface area contributed by atoms with Crippen LogP contribution in [-0.4, -0.2) is 4.32 Å². The number of fused-ring (bicyclic) bond motifs is 3. The topological polar surface area (TPSA) is 0 Å². The quantitative estimate of drug-likeness (QED) is 0.498. The SMILES string of the molecule is CC(C)(Br)Cc1ccc2c(c1Br)Cc1ccccc1-2. The Hall–Kier alpha value is -0.600. The third kappa shape index (κ3) is 2.53.